The molecule has 1 aliphatic heterocycles. The van der Waals surface area contributed by atoms with Crippen LogP contribution in [0.25, 0.3) is 11.0 Å². The average Bonchev–Trinajstić information content (AvgIpc) is 3.13. The molecular formula is C12H15N3O4S2. The number of nitrogens with zero attached hydrogens (tertiary/aromatic N) is 2. The Kier molecular flexibility index (Phi) is 4.18. The third-order valence-electron chi connectivity index (χ3n) is 3.51. The first-order valence-electron chi connectivity index (χ1n) is 6.41. The Hall–Kier alpha value is -1.13. The molecule has 1 aromatic carbocycles. The highest BCUT2D eigenvalue weighted by molar-refractivity contribution is 7.90. The van der Waals surface area contributed by atoms with E-state index in [1.165, 1.54) is 7.11 Å². The monoisotopic (exact) mass is 329 g/mol. The SMILES string of the molecule is CO[C@H]1COC[C@H]1S(=O)(=O)NCc1cccc2nsnc12. The van der Waals surface area contributed by atoms with E-state index in [2.05, 4.69) is 13.5 Å². The highest BCUT2D eigenvalue weighted by Crippen LogP contribution is 2.19. The van der Waals surface area contributed by atoms with Crippen LogP contribution in [0.5, 0.6) is 0 Å². The van der Waals surface area contributed by atoms with E-state index in [-0.39, 0.29) is 13.2 Å². The van der Waals surface area contributed by atoms with E-state index in [0.717, 1.165) is 28.3 Å². The fourth-order valence-corrected chi connectivity index (χ4v) is 4.32. The van der Waals surface area contributed by atoms with E-state index >= 15 is 0 Å². The van der Waals surface area contributed by atoms with E-state index in [4.69, 9.17) is 9.47 Å². The molecule has 9 heteroatoms. The van der Waals surface area contributed by atoms with E-state index in [1.54, 1.807) is 0 Å². The number of hydrogen-bond donors (Lipinski definition) is 1. The number of aromatic nitrogens is 2. The van der Waals surface area contributed by atoms with Crippen molar-refractivity contribution < 1.29 is 17.9 Å². The van der Waals surface area contributed by atoms with Gasteiger partial charge in [0.25, 0.3) is 0 Å². The van der Waals surface area contributed by atoms with Gasteiger partial charge in [0, 0.05) is 13.7 Å². The second-order valence-corrected chi connectivity index (χ2v) is 7.28. The van der Waals surface area contributed by atoms with E-state index in [9.17, 15) is 8.42 Å². The summed E-state index contributed by atoms with van der Waals surface area (Å²) in [4.78, 5) is 0. The maximum atomic E-state index is 12.3. The van der Waals surface area contributed by atoms with Gasteiger partial charge in [-0.15, -0.1) is 0 Å². The van der Waals surface area contributed by atoms with Crippen LogP contribution in [0.4, 0.5) is 0 Å². The van der Waals surface area contributed by atoms with Gasteiger partial charge in [-0.05, 0) is 11.6 Å². The number of benzene rings is 1. The molecule has 1 N–H and O–H groups in total. The lowest BCUT2D eigenvalue weighted by Gasteiger charge is -2.17. The molecule has 0 unspecified atom stereocenters. The van der Waals surface area contributed by atoms with Crippen molar-refractivity contribution in [2.45, 2.75) is 17.9 Å². The minimum atomic E-state index is -3.52. The van der Waals surface area contributed by atoms with Gasteiger partial charge < -0.3 is 9.47 Å². The van der Waals surface area contributed by atoms with Crippen molar-refractivity contribution >= 4 is 32.8 Å². The lowest BCUT2D eigenvalue weighted by atomic mass is 10.2. The summed E-state index contributed by atoms with van der Waals surface area (Å²) in [5, 5.41) is -0.685. The van der Waals surface area contributed by atoms with Crippen LogP contribution >= 0.6 is 11.7 Å². The molecule has 7 nitrogen and oxygen atoms in total. The number of methoxy groups -OCH3 is 1. The molecular weight excluding hydrogens is 314 g/mol. The van der Waals surface area contributed by atoms with Gasteiger partial charge in [-0.3, -0.25) is 0 Å². The maximum Gasteiger partial charge on any atom is 0.219 e. The van der Waals surface area contributed by atoms with Crippen LogP contribution in [-0.2, 0) is 26.0 Å². The minimum absolute atomic E-state index is 0.149. The van der Waals surface area contributed by atoms with Crippen LogP contribution in [0.3, 0.4) is 0 Å². The first kappa shape index (κ1) is 14.8. The highest BCUT2D eigenvalue weighted by Gasteiger charge is 2.38. The summed E-state index contributed by atoms with van der Waals surface area (Å²) < 4.78 is 46.0. The molecule has 2 aromatic rings. The topological polar surface area (TPSA) is 90.4 Å². The molecule has 2 atom stereocenters. The summed E-state index contributed by atoms with van der Waals surface area (Å²) in [6, 6.07) is 5.53. The third kappa shape index (κ3) is 2.92. The molecule has 1 saturated heterocycles. The van der Waals surface area contributed by atoms with Gasteiger partial charge in [-0.1, -0.05) is 12.1 Å². The molecule has 0 aliphatic carbocycles. The first-order valence-corrected chi connectivity index (χ1v) is 8.68. The number of nitrogens with one attached hydrogen (secondary N) is 1. The predicted molar refractivity (Wildman–Crippen MR) is 78.6 cm³/mol. The molecule has 2 heterocycles. The fraction of sp³-hybridized carbons (Fsp3) is 0.500. The number of ether oxygens (including phenoxy) is 2. The Labute approximate surface area is 126 Å². The zero-order valence-corrected chi connectivity index (χ0v) is 13.0. The van der Waals surface area contributed by atoms with Crippen molar-refractivity contribution in [2.24, 2.45) is 0 Å². The van der Waals surface area contributed by atoms with Crippen LogP contribution in [0, 0.1) is 0 Å². The number of rotatable bonds is 5. The molecule has 0 radical (unpaired) electrons. The number of sulfonamides is 1. The Morgan fingerprint density at radius 3 is 3.10 bits per heavy atom. The van der Waals surface area contributed by atoms with Crippen molar-refractivity contribution in [3.8, 4) is 0 Å². The van der Waals surface area contributed by atoms with Gasteiger partial charge >= 0.3 is 0 Å². The summed E-state index contributed by atoms with van der Waals surface area (Å²) in [6.45, 7) is 0.627. The van der Waals surface area contributed by atoms with E-state index in [1.807, 2.05) is 18.2 Å². The number of hydrogen-bond acceptors (Lipinski definition) is 7. The zero-order valence-electron chi connectivity index (χ0n) is 11.4. The van der Waals surface area contributed by atoms with Crippen molar-refractivity contribution in [1.29, 1.82) is 0 Å². The average molecular weight is 329 g/mol. The summed E-state index contributed by atoms with van der Waals surface area (Å²) in [6.07, 6.45) is -0.431. The molecule has 0 amide bonds. The second kappa shape index (κ2) is 5.93. The van der Waals surface area contributed by atoms with Crippen molar-refractivity contribution in [2.75, 3.05) is 20.3 Å². The van der Waals surface area contributed by atoms with Crippen LogP contribution in [0.2, 0.25) is 0 Å². The third-order valence-corrected chi connectivity index (χ3v) is 5.84. The summed E-state index contributed by atoms with van der Waals surface area (Å²) in [5.41, 5.74) is 2.31. The van der Waals surface area contributed by atoms with Crippen LogP contribution < -0.4 is 4.72 Å². The van der Waals surface area contributed by atoms with Gasteiger partial charge in [0.1, 0.15) is 22.4 Å². The van der Waals surface area contributed by atoms with Gasteiger partial charge in [-0.2, -0.15) is 8.75 Å². The molecule has 114 valence electrons. The van der Waals surface area contributed by atoms with E-state index in [0.29, 0.717) is 6.61 Å². The van der Waals surface area contributed by atoms with Crippen molar-refractivity contribution in [3.63, 3.8) is 0 Å². The molecule has 1 fully saturated rings. The summed E-state index contributed by atoms with van der Waals surface area (Å²) in [5.74, 6) is 0. The van der Waals surface area contributed by atoms with Crippen molar-refractivity contribution in [3.05, 3.63) is 23.8 Å². The second-order valence-electron chi connectivity index (χ2n) is 4.77. The van der Waals surface area contributed by atoms with Crippen molar-refractivity contribution in [1.82, 2.24) is 13.5 Å². The maximum absolute atomic E-state index is 12.3. The van der Waals surface area contributed by atoms with Gasteiger partial charge in [-0.25, -0.2) is 13.1 Å². The molecule has 3 rings (SSSR count). The molecule has 1 aliphatic rings. The molecule has 21 heavy (non-hydrogen) atoms. The zero-order chi connectivity index (χ0) is 14.9. The first-order chi connectivity index (χ1) is 10.1. The van der Waals surface area contributed by atoms with Crippen LogP contribution in [0.15, 0.2) is 18.2 Å². The molecule has 0 saturated carbocycles. The number of fused-ring (bicyclic) bond motifs is 1. The molecule has 0 bridgehead atoms. The fourth-order valence-electron chi connectivity index (χ4n) is 2.31. The van der Waals surface area contributed by atoms with Gasteiger partial charge in [0.2, 0.25) is 10.0 Å². The van der Waals surface area contributed by atoms with Gasteiger partial charge in [0.15, 0.2) is 0 Å². The smallest absolute Gasteiger partial charge is 0.219 e. The lowest BCUT2D eigenvalue weighted by Crippen LogP contribution is -2.41. The minimum Gasteiger partial charge on any atom is -0.378 e. The van der Waals surface area contributed by atoms with Gasteiger partial charge in [0.05, 0.1) is 24.9 Å². The summed E-state index contributed by atoms with van der Waals surface area (Å²) >= 11 is 1.11. The Balaban J connectivity index is 1.76. The standard InChI is InChI=1S/C12H15N3O4S2/c1-18-10-6-19-7-11(10)21(16,17)13-5-8-3-2-4-9-12(8)15-20-14-9/h2-4,10-11,13H,5-7H2,1H3/t10-,11+/m0/s1. The predicted octanol–water partition coefficient (Wildman–Crippen LogP) is 0.525. The Bertz CT molecular complexity index is 731. The van der Waals surface area contributed by atoms with E-state index < -0.39 is 21.4 Å². The quantitative estimate of drug-likeness (QED) is 0.860. The normalized spacial score (nSPS) is 22.9. The largest absolute Gasteiger partial charge is 0.378 e. The summed E-state index contributed by atoms with van der Waals surface area (Å²) in [7, 11) is -2.03. The Morgan fingerprint density at radius 1 is 1.43 bits per heavy atom. The highest BCUT2D eigenvalue weighted by atomic mass is 32.2. The van der Waals surface area contributed by atoms with Crippen LogP contribution in [0.1, 0.15) is 5.56 Å². The lowest BCUT2D eigenvalue weighted by molar-refractivity contribution is 0.0828. The van der Waals surface area contributed by atoms with Crippen LogP contribution in [-0.4, -0.2) is 48.8 Å². The Morgan fingerprint density at radius 2 is 2.29 bits per heavy atom. The molecule has 0 spiro atoms. The molecule has 1 aromatic heterocycles.